The monoisotopic (exact) mass is 627 g/mol. The minimum atomic E-state index is -0.0727. The second-order valence-corrected chi connectivity index (χ2v) is 13.3. The van der Waals surface area contributed by atoms with Crippen LogP contribution in [-0.4, -0.2) is 15.0 Å². The Bertz CT molecular complexity index is 2460. The van der Waals surface area contributed by atoms with Gasteiger partial charge >= 0.3 is 0 Å². The van der Waals surface area contributed by atoms with Crippen molar-refractivity contribution in [2.45, 2.75) is 19.3 Å². The molecule has 1 aliphatic rings. The number of nitrogens with zero attached hydrogens (tertiary/aromatic N) is 3. The third-order valence-corrected chi connectivity index (χ3v) is 9.89. The Morgan fingerprint density at radius 3 is 1.49 bits per heavy atom. The second-order valence-electron chi connectivity index (χ2n) is 13.3. The second kappa shape index (κ2) is 11.5. The maximum Gasteiger partial charge on any atom is 0.164 e. The predicted octanol–water partition coefficient (Wildman–Crippen LogP) is 11.7. The topological polar surface area (TPSA) is 38.7 Å². The van der Waals surface area contributed by atoms with Crippen molar-refractivity contribution in [3.05, 3.63) is 175 Å². The van der Waals surface area contributed by atoms with E-state index in [9.17, 15) is 0 Å². The molecular weight excluding hydrogens is 595 g/mol. The van der Waals surface area contributed by atoms with E-state index >= 15 is 0 Å². The predicted molar refractivity (Wildman–Crippen MR) is 202 cm³/mol. The van der Waals surface area contributed by atoms with Crippen LogP contribution < -0.4 is 0 Å². The molecule has 0 aliphatic heterocycles. The fourth-order valence-electron chi connectivity index (χ4n) is 7.30. The molecule has 0 fully saturated rings. The molecule has 1 aliphatic carbocycles. The van der Waals surface area contributed by atoms with E-state index < -0.39 is 0 Å². The fraction of sp³-hybridized carbons (Fsp3) is 0.0652. The Labute approximate surface area is 286 Å². The average Bonchev–Trinajstić information content (AvgIpc) is 3.40. The zero-order valence-electron chi connectivity index (χ0n) is 27.4. The summed E-state index contributed by atoms with van der Waals surface area (Å²) in [6, 6.07) is 57.9. The molecule has 0 amide bonds. The van der Waals surface area contributed by atoms with E-state index in [0.29, 0.717) is 17.5 Å². The summed E-state index contributed by atoms with van der Waals surface area (Å²) in [6.45, 7) is 4.61. The van der Waals surface area contributed by atoms with Gasteiger partial charge in [0.1, 0.15) is 0 Å². The highest BCUT2D eigenvalue weighted by molar-refractivity contribution is 5.88. The van der Waals surface area contributed by atoms with E-state index in [-0.39, 0.29) is 5.41 Å². The molecule has 0 radical (unpaired) electrons. The van der Waals surface area contributed by atoms with Crippen LogP contribution in [0.2, 0.25) is 0 Å². The van der Waals surface area contributed by atoms with Gasteiger partial charge in [0.25, 0.3) is 0 Å². The van der Waals surface area contributed by atoms with Gasteiger partial charge in [-0.25, -0.2) is 15.0 Å². The van der Waals surface area contributed by atoms with Crippen LogP contribution in [0.5, 0.6) is 0 Å². The van der Waals surface area contributed by atoms with Gasteiger partial charge in [-0.2, -0.15) is 0 Å². The van der Waals surface area contributed by atoms with Crippen molar-refractivity contribution in [2.24, 2.45) is 0 Å². The number of hydrogen-bond donors (Lipinski definition) is 0. The summed E-state index contributed by atoms with van der Waals surface area (Å²) >= 11 is 0. The van der Waals surface area contributed by atoms with Crippen molar-refractivity contribution in [3.8, 4) is 67.5 Å². The number of rotatable bonds is 5. The standard InChI is InChI=1S/C46H33N3/c1-46(2)41-20-12-11-19-39(41)40-29-35(23-24-42(40)46)44-47-43(34-22-21-32-17-9-10-18-33(32)25-34)48-45(49-44)38-27-36(30-13-5-3-6-14-30)26-37(28-38)31-15-7-4-8-16-31/h3-29H,1-2H3. The summed E-state index contributed by atoms with van der Waals surface area (Å²) in [4.78, 5) is 15.6. The minimum absolute atomic E-state index is 0.0727. The van der Waals surface area contributed by atoms with Crippen LogP contribution >= 0.6 is 0 Å². The fourth-order valence-corrected chi connectivity index (χ4v) is 7.30. The maximum absolute atomic E-state index is 5.23. The van der Waals surface area contributed by atoms with Crippen LogP contribution in [0.1, 0.15) is 25.0 Å². The van der Waals surface area contributed by atoms with Crippen molar-refractivity contribution >= 4 is 10.8 Å². The molecule has 1 heterocycles. The molecule has 9 rings (SSSR count). The van der Waals surface area contributed by atoms with Crippen LogP contribution in [0.25, 0.3) is 78.3 Å². The van der Waals surface area contributed by atoms with Crippen molar-refractivity contribution in [2.75, 3.05) is 0 Å². The SMILES string of the molecule is CC1(C)c2ccccc2-c2cc(-c3nc(-c4cc(-c5ccccc5)cc(-c5ccccc5)c4)nc(-c4ccc5ccccc5c4)n3)ccc21. The van der Waals surface area contributed by atoms with Crippen LogP contribution in [0.15, 0.2) is 164 Å². The van der Waals surface area contributed by atoms with Crippen molar-refractivity contribution < 1.29 is 0 Å². The van der Waals surface area contributed by atoms with Gasteiger partial charge in [-0.05, 0) is 85.6 Å². The summed E-state index contributed by atoms with van der Waals surface area (Å²) in [5, 5.41) is 2.33. The van der Waals surface area contributed by atoms with Gasteiger partial charge in [0.2, 0.25) is 0 Å². The number of hydrogen-bond acceptors (Lipinski definition) is 3. The summed E-state index contributed by atoms with van der Waals surface area (Å²) in [5.41, 5.74) is 12.5. The summed E-state index contributed by atoms with van der Waals surface area (Å²) in [5.74, 6) is 1.95. The molecule has 3 heteroatoms. The first-order valence-corrected chi connectivity index (χ1v) is 16.8. The third kappa shape index (κ3) is 5.12. The zero-order valence-corrected chi connectivity index (χ0v) is 27.4. The highest BCUT2D eigenvalue weighted by Crippen LogP contribution is 2.49. The van der Waals surface area contributed by atoms with Gasteiger partial charge in [-0.3, -0.25) is 0 Å². The first kappa shape index (κ1) is 29.0. The van der Waals surface area contributed by atoms with E-state index in [4.69, 9.17) is 15.0 Å². The number of benzene rings is 7. The highest BCUT2D eigenvalue weighted by Gasteiger charge is 2.35. The highest BCUT2D eigenvalue weighted by atomic mass is 15.0. The lowest BCUT2D eigenvalue weighted by atomic mass is 9.82. The molecule has 0 N–H and O–H groups in total. The lowest BCUT2D eigenvalue weighted by molar-refractivity contribution is 0.660. The van der Waals surface area contributed by atoms with Crippen LogP contribution in [-0.2, 0) is 5.41 Å². The Kier molecular flexibility index (Phi) is 6.80. The molecule has 7 aromatic carbocycles. The normalized spacial score (nSPS) is 12.9. The van der Waals surface area contributed by atoms with E-state index in [0.717, 1.165) is 44.3 Å². The van der Waals surface area contributed by atoms with Crippen LogP contribution in [0.4, 0.5) is 0 Å². The number of fused-ring (bicyclic) bond motifs is 4. The lowest BCUT2D eigenvalue weighted by Gasteiger charge is -2.21. The molecule has 8 aromatic rings. The number of aromatic nitrogens is 3. The Hall–Kier alpha value is -6.19. The molecule has 0 saturated heterocycles. The Morgan fingerprint density at radius 1 is 0.327 bits per heavy atom. The van der Waals surface area contributed by atoms with Crippen LogP contribution in [0.3, 0.4) is 0 Å². The molecule has 0 unspecified atom stereocenters. The van der Waals surface area contributed by atoms with Crippen molar-refractivity contribution in [1.29, 1.82) is 0 Å². The maximum atomic E-state index is 5.23. The zero-order chi connectivity index (χ0) is 33.0. The third-order valence-electron chi connectivity index (χ3n) is 9.89. The molecule has 0 saturated carbocycles. The average molecular weight is 628 g/mol. The molecule has 0 bridgehead atoms. The van der Waals surface area contributed by atoms with E-state index in [1.165, 1.54) is 27.6 Å². The van der Waals surface area contributed by atoms with E-state index in [1.54, 1.807) is 0 Å². The largest absolute Gasteiger partial charge is 0.208 e. The lowest BCUT2D eigenvalue weighted by Crippen LogP contribution is -2.14. The van der Waals surface area contributed by atoms with Crippen molar-refractivity contribution in [3.63, 3.8) is 0 Å². The molecule has 0 atom stereocenters. The van der Waals surface area contributed by atoms with Gasteiger partial charge in [-0.15, -0.1) is 0 Å². The van der Waals surface area contributed by atoms with E-state index in [1.807, 2.05) is 0 Å². The molecular formula is C46H33N3. The summed E-state index contributed by atoms with van der Waals surface area (Å²) < 4.78 is 0. The van der Waals surface area contributed by atoms with Crippen molar-refractivity contribution in [1.82, 2.24) is 15.0 Å². The first-order valence-electron chi connectivity index (χ1n) is 16.8. The Morgan fingerprint density at radius 2 is 0.816 bits per heavy atom. The molecule has 3 nitrogen and oxygen atoms in total. The molecule has 49 heavy (non-hydrogen) atoms. The Balaban J connectivity index is 1.27. The molecule has 232 valence electrons. The minimum Gasteiger partial charge on any atom is -0.208 e. The molecule has 0 spiro atoms. The smallest absolute Gasteiger partial charge is 0.164 e. The molecule has 1 aromatic heterocycles. The van der Waals surface area contributed by atoms with Crippen LogP contribution in [0, 0.1) is 0 Å². The van der Waals surface area contributed by atoms with E-state index in [2.05, 4.69) is 178 Å². The van der Waals surface area contributed by atoms with Gasteiger partial charge in [-0.1, -0.05) is 147 Å². The first-order chi connectivity index (χ1) is 24.0. The van der Waals surface area contributed by atoms with Gasteiger partial charge in [0.15, 0.2) is 17.5 Å². The quantitative estimate of drug-likeness (QED) is 0.191. The van der Waals surface area contributed by atoms with Gasteiger partial charge in [0.05, 0.1) is 0 Å². The summed E-state index contributed by atoms with van der Waals surface area (Å²) in [6.07, 6.45) is 0. The van der Waals surface area contributed by atoms with Gasteiger partial charge in [0, 0.05) is 22.1 Å². The van der Waals surface area contributed by atoms with Gasteiger partial charge < -0.3 is 0 Å². The summed E-state index contributed by atoms with van der Waals surface area (Å²) in [7, 11) is 0.